The second-order valence-corrected chi connectivity index (χ2v) is 6.66. The summed E-state index contributed by atoms with van der Waals surface area (Å²) in [6.07, 6.45) is 4.67. The molecule has 0 radical (unpaired) electrons. The average molecular weight is 307 g/mol. The van der Waals surface area contributed by atoms with Gasteiger partial charge in [0.05, 0.1) is 22.5 Å². The zero-order chi connectivity index (χ0) is 15.7. The van der Waals surface area contributed by atoms with Gasteiger partial charge in [0.2, 0.25) is 0 Å². The van der Waals surface area contributed by atoms with Crippen LogP contribution in [-0.4, -0.2) is 25.6 Å². The van der Waals surface area contributed by atoms with E-state index in [1.54, 1.807) is 0 Å². The molecule has 5 heteroatoms. The van der Waals surface area contributed by atoms with Crippen LogP contribution in [0.25, 0.3) is 11.2 Å². The summed E-state index contributed by atoms with van der Waals surface area (Å²) < 4.78 is 4.03. The number of nitrogens with zero attached hydrogens (tertiary/aromatic N) is 3. The highest BCUT2D eigenvalue weighted by atomic mass is 16.1. The maximum Gasteiger partial charge on any atom is 0.166 e. The highest BCUT2D eigenvalue weighted by Gasteiger charge is 2.29. The highest BCUT2D eigenvalue weighted by molar-refractivity contribution is 6.07. The normalized spacial score (nSPS) is 17.8. The third kappa shape index (κ3) is 1.59. The van der Waals surface area contributed by atoms with Gasteiger partial charge in [-0.3, -0.25) is 14.0 Å². The lowest BCUT2D eigenvalue weighted by Gasteiger charge is -2.19. The van der Waals surface area contributed by atoms with Gasteiger partial charge >= 0.3 is 0 Å². The summed E-state index contributed by atoms with van der Waals surface area (Å²) in [5, 5.41) is 4.62. The van der Waals surface area contributed by atoms with Crippen molar-refractivity contribution in [3.63, 3.8) is 0 Å². The average Bonchev–Trinajstić information content (AvgIpc) is 3.08. The van der Waals surface area contributed by atoms with Crippen LogP contribution in [0, 0.1) is 6.92 Å². The molecule has 0 N–H and O–H groups in total. The smallest absolute Gasteiger partial charge is 0.166 e. The molecule has 3 aromatic heterocycles. The van der Waals surface area contributed by atoms with Crippen LogP contribution >= 0.6 is 0 Å². The van der Waals surface area contributed by atoms with Crippen molar-refractivity contribution in [1.29, 1.82) is 0 Å². The lowest BCUT2D eigenvalue weighted by Crippen LogP contribution is -2.18. The van der Waals surface area contributed by atoms with Crippen molar-refractivity contribution >= 4 is 22.7 Å². The van der Waals surface area contributed by atoms with Gasteiger partial charge < -0.3 is 0 Å². The van der Waals surface area contributed by atoms with Gasteiger partial charge in [0.25, 0.3) is 0 Å². The number of ketones is 2. The molecule has 2 aliphatic rings. The molecule has 3 aromatic rings. The van der Waals surface area contributed by atoms with E-state index in [4.69, 9.17) is 0 Å². The van der Waals surface area contributed by atoms with Crippen molar-refractivity contribution < 1.29 is 9.59 Å². The molecule has 0 unspecified atom stereocenters. The van der Waals surface area contributed by atoms with E-state index in [2.05, 4.69) is 9.50 Å². The number of carbonyl (C=O) groups is 2. The Bertz CT molecular complexity index is 1020. The predicted octanol–water partition coefficient (Wildman–Crippen LogP) is 2.93. The molecular weight excluding hydrogens is 290 g/mol. The van der Waals surface area contributed by atoms with Gasteiger partial charge in [-0.05, 0) is 38.7 Å². The summed E-state index contributed by atoms with van der Waals surface area (Å²) in [7, 11) is 0. The standard InChI is InChI=1S/C18H17N3O2/c1-10-8-17-20-12-4-2-6-15(22)11(12)9-14(20)18-13(21(17)19-10)5-3-7-16(18)23/h8-9H,2-7H2,1H3. The van der Waals surface area contributed by atoms with Gasteiger partial charge in [0.15, 0.2) is 11.6 Å². The molecule has 0 atom stereocenters. The number of rotatable bonds is 0. The van der Waals surface area contributed by atoms with Crippen LogP contribution in [0.4, 0.5) is 0 Å². The van der Waals surface area contributed by atoms with Crippen molar-refractivity contribution in [3.8, 4) is 0 Å². The van der Waals surface area contributed by atoms with Gasteiger partial charge in [0, 0.05) is 30.2 Å². The Morgan fingerprint density at radius 1 is 0.957 bits per heavy atom. The SMILES string of the molecule is Cc1cc2n(n1)c1c(c3cc4c(n32)CCCC4=O)C(=O)CCC1. The maximum atomic E-state index is 12.6. The molecule has 0 bridgehead atoms. The van der Waals surface area contributed by atoms with E-state index in [1.807, 2.05) is 23.6 Å². The molecule has 3 heterocycles. The molecule has 0 spiro atoms. The molecule has 116 valence electrons. The van der Waals surface area contributed by atoms with Crippen molar-refractivity contribution in [2.45, 2.75) is 45.4 Å². The summed E-state index contributed by atoms with van der Waals surface area (Å²) in [6, 6.07) is 3.99. The van der Waals surface area contributed by atoms with E-state index in [-0.39, 0.29) is 11.6 Å². The van der Waals surface area contributed by atoms with Crippen LogP contribution in [0.15, 0.2) is 12.1 Å². The molecule has 2 aliphatic carbocycles. The number of carbonyl (C=O) groups excluding carboxylic acids is 2. The molecule has 0 aromatic carbocycles. The second-order valence-electron chi connectivity index (χ2n) is 6.66. The number of hydrogen-bond acceptors (Lipinski definition) is 3. The summed E-state index contributed by atoms with van der Waals surface area (Å²) >= 11 is 0. The first-order valence-electron chi connectivity index (χ1n) is 8.27. The molecule has 0 aliphatic heterocycles. The Morgan fingerprint density at radius 2 is 1.70 bits per heavy atom. The minimum atomic E-state index is 0.175. The van der Waals surface area contributed by atoms with Gasteiger partial charge in [-0.1, -0.05) is 0 Å². The van der Waals surface area contributed by atoms with Crippen LogP contribution in [-0.2, 0) is 12.8 Å². The minimum absolute atomic E-state index is 0.175. The number of Topliss-reactive ketones (excluding diaryl/α,β-unsaturated/α-hetero) is 2. The van der Waals surface area contributed by atoms with E-state index in [1.165, 1.54) is 0 Å². The third-order valence-electron chi connectivity index (χ3n) is 5.16. The van der Waals surface area contributed by atoms with Crippen molar-refractivity contribution in [2.24, 2.45) is 0 Å². The lowest BCUT2D eigenvalue weighted by molar-refractivity contribution is 0.0964. The first-order chi connectivity index (χ1) is 11.1. The molecule has 0 fully saturated rings. The van der Waals surface area contributed by atoms with Gasteiger partial charge in [-0.15, -0.1) is 0 Å². The number of aryl methyl sites for hydroxylation is 3. The van der Waals surface area contributed by atoms with Gasteiger partial charge in [0.1, 0.15) is 5.65 Å². The van der Waals surface area contributed by atoms with Gasteiger partial charge in [-0.25, -0.2) is 4.52 Å². The summed E-state index contributed by atoms with van der Waals surface area (Å²) in [6.45, 7) is 1.97. The molecular formula is C18H17N3O2. The maximum absolute atomic E-state index is 12.6. The molecule has 0 amide bonds. The Balaban J connectivity index is 2.04. The Hall–Kier alpha value is -2.43. The van der Waals surface area contributed by atoms with E-state index in [9.17, 15) is 9.59 Å². The first kappa shape index (κ1) is 13.0. The van der Waals surface area contributed by atoms with Crippen molar-refractivity contribution in [1.82, 2.24) is 14.0 Å². The largest absolute Gasteiger partial charge is 0.297 e. The summed E-state index contributed by atoms with van der Waals surface area (Å²) in [5.74, 6) is 0.370. The van der Waals surface area contributed by atoms with Crippen LogP contribution < -0.4 is 0 Å². The minimum Gasteiger partial charge on any atom is -0.297 e. The monoisotopic (exact) mass is 307 g/mol. The topological polar surface area (TPSA) is 55.9 Å². The summed E-state index contributed by atoms with van der Waals surface area (Å²) in [5.41, 5.74) is 6.42. The van der Waals surface area contributed by atoms with E-state index < -0.39 is 0 Å². The highest BCUT2D eigenvalue weighted by Crippen LogP contribution is 2.33. The molecule has 5 rings (SSSR count). The van der Waals surface area contributed by atoms with Crippen LogP contribution in [0.1, 0.15) is 63.5 Å². The molecule has 5 nitrogen and oxygen atoms in total. The fourth-order valence-electron chi connectivity index (χ4n) is 4.21. The first-order valence-corrected chi connectivity index (χ1v) is 8.27. The second kappa shape index (κ2) is 4.31. The third-order valence-corrected chi connectivity index (χ3v) is 5.16. The zero-order valence-electron chi connectivity index (χ0n) is 13.1. The fourth-order valence-corrected chi connectivity index (χ4v) is 4.21. The molecule has 0 saturated heterocycles. The Kier molecular flexibility index (Phi) is 2.45. The van der Waals surface area contributed by atoms with Crippen molar-refractivity contribution in [3.05, 3.63) is 40.3 Å². The number of fused-ring (bicyclic) bond motifs is 8. The van der Waals surface area contributed by atoms with E-state index >= 15 is 0 Å². The van der Waals surface area contributed by atoms with Crippen LogP contribution in [0.2, 0.25) is 0 Å². The number of aromatic nitrogens is 3. The lowest BCUT2D eigenvalue weighted by atomic mass is 9.94. The number of hydrogen-bond donors (Lipinski definition) is 0. The van der Waals surface area contributed by atoms with E-state index in [0.29, 0.717) is 12.8 Å². The molecule has 0 saturated carbocycles. The van der Waals surface area contributed by atoms with Crippen LogP contribution in [0.3, 0.4) is 0 Å². The van der Waals surface area contributed by atoms with Crippen LogP contribution in [0.5, 0.6) is 0 Å². The van der Waals surface area contributed by atoms with E-state index in [0.717, 1.165) is 65.1 Å². The van der Waals surface area contributed by atoms with Crippen molar-refractivity contribution in [2.75, 3.05) is 0 Å². The van der Waals surface area contributed by atoms with Gasteiger partial charge in [-0.2, -0.15) is 5.10 Å². The quantitative estimate of drug-likeness (QED) is 0.641. The molecule has 23 heavy (non-hydrogen) atoms. The zero-order valence-corrected chi connectivity index (χ0v) is 13.1. The Morgan fingerprint density at radius 3 is 2.52 bits per heavy atom. The fraction of sp³-hybridized carbons (Fsp3) is 0.389. The predicted molar refractivity (Wildman–Crippen MR) is 85.4 cm³/mol. The summed E-state index contributed by atoms with van der Waals surface area (Å²) in [4.78, 5) is 24.9. The Labute approximate surface area is 132 Å².